The number of hydrogen-bond donors (Lipinski definition) is 2. The minimum absolute atomic E-state index is 0.600. The average Bonchev–Trinajstić information content (AvgIpc) is 2.40. The van der Waals surface area contributed by atoms with Crippen LogP contribution >= 0.6 is 0 Å². The Kier molecular flexibility index (Phi) is 1.86. The standard InChI is InChI=1S/C8H14N4/c1-6-7(4-9)8-5-10-2-3-12(8)11-6/h10H,2-5,9H2,1H3. The zero-order chi connectivity index (χ0) is 8.55. The summed E-state index contributed by atoms with van der Waals surface area (Å²) < 4.78 is 2.06. The molecule has 0 aliphatic carbocycles. The third kappa shape index (κ3) is 1.04. The van der Waals surface area contributed by atoms with Gasteiger partial charge in [-0.05, 0) is 6.92 Å². The van der Waals surface area contributed by atoms with Gasteiger partial charge in [0.25, 0.3) is 0 Å². The summed E-state index contributed by atoms with van der Waals surface area (Å²) in [7, 11) is 0. The molecule has 3 N–H and O–H groups in total. The molecule has 0 bridgehead atoms. The van der Waals surface area contributed by atoms with E-state index in [1.165, 1.54) is 11.3 Å². The first kappa shape index (κ1) is 7.76. The van der Waals surface area contributed by atoms with Gasteiger partial charge in [0.05, 0.1) is 17.9 Å². The van der Waals surface area contributed by atoms with Gasteiger partial charge in [-0.1, -0.05) is 0 Å². The fourth-order valence-corrected chi connectivity index (χ4v) is 1.71. The van der Waals surface area contributed by atoms with E-state index in [2.05, 4.69) is 15.1 Å². The molecule has 0 unspecified atom stereocenters. The topological polar surface area (TPSA) is 55.9 Å². The summed E-state index contributed by atoms with van der Waals surface area (Å²) in [6.45, 7) is 5.51. The predicted octanol–water partition coefficient (Wildman–Crippen LogP) is -0.247. The minimum Gasteiger partial charge on any atom is -0.326 e. The molecule has 2 heterocycles. The van der Waals surface area contributed by atoms with Crippen molar-refractivity contribution in [2.75, 3.05) is 6.54 Å². The second kappa shape index (κ2) is 2.88. The molecule has 1 aromatic rings. The van der Waals surface area contributed by atoms with E-state index in [9.17, 15) is 0 Å². The maximum absolute atomic E-state index is 5.64. The molecule has 0 atom stereocenters. The lowest BCUT2D eigenvalue weighted by atomic mass is 10.2. The number of hydrogen-bond acceptors (Lipinski definition) is 3. The van der Waals surface area contributed by atoms with Crippen LogP contribution in [0.25, 0.3) is 0 Å². The van der Waals surface area contributed by atoms with E-state index in [0.29, 0.717) is 6.54 Å². The summed E-state index contributed by atoms with van der Waals surface area (Å²) in [4.78, 5) is 0. The van der Waals surface area contributed by atoms with Crippen LogP contribution in [0.15, 0.2) is 0 Å². The van der Waals surface area contributed by atoms with E-state index in [1.54, 1.807) is 0 Å². The molecule has 0 radical (unpaired) electrons. The molecule has 4 nitrogen and oxygen atoms in total. The quantitative estimate of drug-likeness (QED) is 0.605. The lowest BCUT2D eigenvalue weighted by Gasteiger charge is -2.15. The highest BCUT2D eigenvalue weighted by Crippen LogP contribution is 2.14. The molecular formula is C8H14N4. The number of fused-ring (bicyclic) bond motifs is 1. The van der Waals surface area contributed by atoms with Gasteiger partial charge in [-0.2, -0.15) is 5.10 Å². The van der Waals surface area contributed by atoms with Crippen molar-refractivity contribution in [1.29, 1.82) is 0 Å². The summed E-state index contributed by atoms with van der Waals surface area (Å²) >= 11 is 0. The molecule has 12 heavy (non-hydrogen) atoms. The van der Waals surface area contributed by atoms with Crippen molar-refractivity contribution in [3.63, 3.8) is 0 Å². The van der Waals surface area contributed by atoms with Gasteiger partial charge in [0.2, 0.25) is 0 Å². The molecule has 1 aliphatic heterocycles. The second-order valence-electron chi connectivity index (χ2n) is 3.11. The highest BCUT2D eigenvalue weighted by molar-refractivity contribution is 5.26. The van der Waals surface area contributed by atoms with Crippen molar-refractivity contribution in [1.82, 2.24) is 15.1 Å². The zero-order valence-electron chi connectivity index (χ0n) is 7.30. The van der Waals surface area contributed by atoms with Crippen LogP contribution < -0.4 is 11.1 Å². The van der Waals surface area contributed by atoms with Crippen LogP contribution in [0.3, 0.4) is 0 Å². The molecular weight excluding hydrogens is 152 g/mol. The van der Waals surface area contributed by atoms with Crippen LogP contribution in [0.1, 0.15) is 17.0 Å². The Morgan fingerprint density at radius 2 is 2.50 bits per heavy atom. The Morgan fingerprint density at radius 1 is 1.67 bits per heavy atom. The van der Waals surface area contributed by atoms with Crippen molar-refractivity contribution < 1.29 is 0 Å². The Balaban J connectivity index is 2.46. The summed E-state index contributed by atoms with van der Waals surface area (Å²) in [6.07, 6.45) is 0. The lowest BCUT2D eigenvalue weighted by Crippen LogP contribution is -2.29. The highest BCUT2D eigenvalue weighted by atomic mass is 15.3. The maximum Gasteiger partial charge on any atom is 0.0642 e. The molecule has 4 heteroatoms. The second-order valence-corrected chi connectivity index (χ2v) is 3.11. The molecule has 0 spiro atoms. The number of aryl methyl sites for hydroxylation is 1. The van der Waals surface area contributed by atoms with Gasteiger partial charge in [-0.15, -0.1) is 0 Å². The molecule has 2 rings (SSSR count). The highest BCUT2D eigenvalue weighted by Gasteiger charge is 2.15. The van der Waals surface area contributed by atoms with Gasteiger partial charge in [0.15, 0.2) is 0 Å². The summed E-state index contributed by atoms with van der Waals surface area (Å²) in [5.74, 6) is 0. The zero-order valence-corrected chi connectivity index (χ0v) is 7.30. The van der Waals surface area contributed by atoms with Crippen molar-refractivity contribution in [3.05, 3.63) is 17.0 Å². The van der Waals surface area contributed by atoms with Crippen molar-refractivity contribution in [2.45, 2.75) is 26.6 Å². The van der Waals surface area contributed by atoms with Crippen molar-refractivity contribution in [2.24, 2.45) is 5.73 Å². The van der Waals surface area contributed by atoms with Gasteiger partial charge in [-0.3, -0.25) is 4.68 Å². The summed E-state index contributed by atoms with van der Waals surface area (Å²) in [5.41, 5.74) is 9.19. The van der Waals surface area contributed by atoms with Gasteiger partial charge in [0, 0.05) is 25.2 Å². The van der Waals surface area contributed by atoms with Gasteiger partial charge < -0.3 is 11.1 Å². The number of nitrogens with zero attached hydrogens (tertiary/aromatic N) is 2. The summed E-state index contributed by atoms with van der Waals surface area (Å²) in [5, 5.41) is 7.73. The SMILES string of the molecule is Cc1nn2c(c1CN)CNCC2. The minimum atomic E-state index is 0.600. The summed E-state index contributed by atoms with van der Waals surface area (Å²) in [6, 6.07) is 0. The van der Waals surface area contributed by atoms with E-state index in [0.717, 1.165) is 25.3 Å². The average molecular weight is 166 g/mol. The fourth-order valence-electron chi connectivity index (χ4n) is 1.71. The van der Waals surface area contributed by atoms with Crippen LogP contribution in [-0.2, 0) is 19.6 Å². The molecule has 0 saturated carbocycles. The Morgan fingerprint density at radius 3 is 3.25 bits per heavy atom. The smallest absolute Gasteiger partial charge is 0.0642 e. The van der Waals surface area contributed by atoms with Crippen LogP contribution in [0, 0.1) is 6.92 Å². The first-order valence-corrected chi connectivity index (χ1v) is 4.29. The van der Waals surface area contributed by atoms with Crippen molar-refractivity contribution in [3.8, 4) is 0 Å². The van der Waals surface area contributed by atoms with E-state index in [1.807, 2.05) is 6.92 Å². The lowest BCUT2D eigenvalue weighted by molar-refractivity contribution is 0.472. The van der Waals surface area contributed by atoms with E-state index < -0.39 is 0 Å². The van der Waals surface area contributed by atoms with Crippen molar-refractivity contribution >= 4 is 0 Å². The Labute approximate surface area is 71.7 Å². The van der Waals surface area contributed by atoms with E-state index >= 15 is 0 Å². The normalized spacial score (nSPS) is 16.2. The maximum atomic E-state index is 5.64. The van der Waals surface area contributed by atoms with Crippen LogP contribution in [0.2, 0.25) is 0 Å². The van der Waals surface area contributed by atoms with E-state index in [4.69, 9.17) is 5.73 Å². The van der Waals surface area contributed by atoms with Crippen LogP contribution in [0.5, 0.6) is 0 Å². The van der Waals surface area contributed by atoms with Gasteiger partial charge >= 0.3 is 0 Å². The van der Waals surface area contributed by atoms with Gasteiger partial charge in [-0.25, -0.2) is 0 Å². The fraction of sp³-hybridized carbons (Fsp3) is 0.625. The molecule has 0 fully saturated rings. The Hall–Kier alpha value is -0.870. The molecule has 0 saturated heterocycles. The largest absolute Gasteiger partial charge is 0.326 e. The van der Waals surface area contributed by atoms with Crippen LogP contribution in [0.4, 0.5) is 0 Å². The molecule has 1 aliphatic rings. The molecule has 66 valence electrons. The number of nitrogens with one attached hydrogen (secondary N) is 1. The number of aromatic nitrogens is 2. The molecule has 0 aromatic carbocycles. The third-order valence-electron chi connectivity index (χ3n) is 2.36. The number of nitrogens with two attached hydrogens (primary N) is 1. The first-order valence-electron chi connectivity index (χ1n) is 4.29. The van der Waals surface area contributed by atoms with Crippen LogP contribution in [-0.4, -0.2) is 16.3 Å². The molecule has 0 amide bonds. The molecule has 1 aromatic heterocycles. The number of rotatable bonds is 1. The monoisotopic (exact) mass is 166 g/mol. The predicted molar refractivity (Wildman–Crippen MR) is 46.6 cm³/mol. The van der Waals surface area contributed by atoms with Gasteiger partial charge in [0.1, 0.15) is 0 Å². The van der Waals surface area contributed by atoms with E-state index in [-0.39, 0.29) is 0 Å². The Bertz CT molecular complexity index is 289. The first-order chi connectivity index (χ1) is 5.83. The third-order valence-corrected chi connectivity index (χ3v) is 2.36.